The van der Waals surface area contributed by atoms with Gasteiger partial charge in [-0.15, -0.1) is 0 Å². The van der Waals surface area contributed by atoms with E-state index in [9.17, 15) is 0 Å². The molecule has 0 fully saturated rings. The molecule has 0 atom stereocenters. The first-order chi connectivity index (χ1) is 12.3. The minimum atomic E-state index is 0.784. The third kappa shape index (κ3) is 2.44. The van der Waals surface area contributed by atoms with Crippen LogP contribution in [0.2, 0.25) is 5.02 Å². The molecule has 25 heavy (non-hydrogen) atoms. The van der Waals surface area contributed by atoms with Crippen molar-refractivity contribution in [1.29, 1.82) is 0 Å². The van der Waals surface area contributed by atoms with Crippen molar-refractivity contribution in [3.63, 3.8) is 0 Å². The molecule has 1 aliphatic carbocycles. The summed E-state index contributed by atoms with van der Waals surface area (Å²) in [6.07, 6.45) is 5.03. The maximum atomic E-state index is 6.11. The van der Waals surface area contributed by atoms with E-state index >= 15 is 0 Å². The van der Waals surface area contributed by atoms with Crippen LogP contribution in [0.25, 0.3) is 32.7 Å². The second-order valence-electron chi connectivity index (χ2n) is 6.98. The monoisotopic (exact) mass is 342 g/mol. The van der Waals surface area contributed by atoms with Gasteiger partial charge in [0.25, 0.3) is 0 Å². The van der Waals surface area contributed by atoms with Gasteiger partial charge in [0.2, 0.25) is 0 Å². The average molecular weight is 343 g/mol. The quantitative estimate of drug-likeness (QED) is 0.321. The van der Waals surface area contributed by atoms with Gasteiger partial charge >= 0.3 is 0 Å². The molecule has 5 rings (SSSR count). The van der Waals surface area contributed by atoms with E-state index in [1.165, 1.54) is 63.9 Å². The maximum absolute atomic E-state index is 6.11. The molecule has 0 radical (unpaired) electrons. The molecule has 4 aromatic carbocycles. The molecule has 0 saturated heterocycles. The Morgan fingerprint density at radius 2 is 1.36 bits per heavy atom. The summed E-state index contributed by atoms with van der Waals surface area (Å²) in [4.78, 5) is 0. The van der Waals surface area contributed by atoms with Crippen molar-refractivity contribution in [2.45, 2.75) is 25.7 Å². The van der Waals surface area contributed by atoms with Crippen LogP contribution in [0.15, 0.2) is 66.7 Å². The van der Waals surface area contributed by atoms with Crippen molar-refractivity contribution in [3.05, 3.63) is 82.9 Å². The molecule has 0 N–H and O–H groups in total. The lowest BCUT2D eigenvalue weighted by Gasteiger charge is -2.20. The van der Waals surface area contributed by atoms with Gasteiger partial charge < -0.3 is 0 Å². The van der Waals surface area contributed by atoms with E-state index < -0.39 is 0 Å². The summed E-state index contributed by atoms with van der Waals surface area (Å²) >= 11 is 6.11. The van der Waals surface area contributed by atoms with Gasteiger partial charge in [0.15, 0.2) is 0 Å². The van der Waals surface area contributed by atoms with E-state index in [0.717, 1.165) is 5.02 Å². The summed E-state index contributed by atoms with van der Waals surface area (Å²) in [5.41, 5.74) is 5.63. The first-order valence-electron chi connectivity index (χ1n) is 9.03. The molecule has 0 aliphatic heterocycles. The average Bonchev–Trinajstić information content (AvgIpc) is 2.68. The van der Waals surface area contributed by atoms with E-state index in [2.05, 4.69) is 54.6 Å². The Morgan fingerprint density at radius 1 is 0.640 bits per heavy atom. The van der Waals surface area contributed by atoms with Crippen LogP contribution in [0.4, 0.5) is 0 Å². The van der Waals surface area contributed by atoms with Gasteiger partial charge in [0.05, 0.1) is 0 Å². The Labute approximate surface area is 153 Å². The topological polar surface area (TPSA) is 0 Å². The molecule has 0 heterocycles. The highest BCUT2D eigenvalue weighted by Crippen LogP contribution is 2.38. The standard InChI is InChI=1S/C24H19Cl/c25-18-12-9-17(10-13-18)23-15-24-19-6-2-1-5-16(19)11-14-22(24)20-7-3-4-8-21(20)23/h3-4,7-15H,1-2,5-6H2. The van der Waals surface area contributed by atoms with Gasteiger partial charge in [-0.2, -0.15) is 0 Å². The van der Waals surface area contributed by atoms with Crippen molar-refractivity contribution in [1.82, 2.24) is 0 Å². The molecule has 0 saturated carbocycles. The van der Waals surface area contributed by atoms with Crippen LogP contribution in [0.5, 0.6) is 0 Å². The van der Waals surface area contributed by atoms with Crippen molar-refractivity contribution in [2.24, 2.45) is 0 Å². The minimum Gasteiger partial charge on any atom is -0.0843 e. The SMILES string of the molecule is Clc1ccc(-c2cc3c4c(ccc3c3ccccc23)CCCC4)cc1. The third-order valence-electron chi connectivity index (χ3n) is 5.53. The number of halogens is 1. The number of hydrogen-bond acceptors (Lipinski definition) is 0. The van der Waals surface area contributed by atoms with Gasteiger partial charge in [-0.05, 0) is 87.7 Å². The van der Waals surface area contributed by atoms with Crippen molar-refractivity contribution >= 4 is 33.1 Å². The fraction of sp³-hybridized carbons (Fsp3) is 0.167. The lowest BCUT2D eigenvalue weighted by Crippen LogP contribution is -2.03. The highest BCUT2D eigenvalue weighted by atomic mass is 35.5. The van der Waals surface area contributed by atoms with E-state index in [1.807, 2.05) is 12.1 Å². The number of fused-ring (bicyclic) bond motifs is 5. The molecular formula is C24H19Cl. The number of rotatable bonds is 1. The van der Waals surface area contributed by atoms with Gasteiger partial charge in [-0.25, -0.2) is 0 Å². The number of aryl methyl sites for hydroxylation is 2. The van der Waals surface area contributed by atoms with Gasteiger partial charge in [-0.1, -0.05) is 60.1 Å². The Balaban J connectivity index is 1.90. The minimum absolute atomic E-state index is 0.784. The van der Waals surface area contributed by atoms with Crippen molar-refractivity contribution < 1.29 is 0 Å². The van der Waals surface area contributed by atoms with Crippen molar-refractivity contribution in [2.75, 3.05) is 0 Å². The van der Waals surface area contributed by atoms with E-state index in [1.54, 1.807) is 5.56 Å². The highest BCUT2D eigenvalue weighted by Gasteiger charge is 2.16. The summed E-state index contributed by atoms with van der Waals surface area (Å²) < 4.78 is 0. The van der Waals surface area contributed by atoms with Gasteiger partial charge in [0.1, 0.15) is 0 Å². The molecule has 4 aromatic rings. The predicted molar refractivity (Wildman–Crippen MR) is 109 cm³/mol. The molecule has 0 unspecified atom stereocenters. The number of hydrogen-bond donors (Lipinski definition) is 0. The molecule has 1 aliphatic rings. The largest absolute Gasteiger partial charge is 0.0843 e. The fourth-order valence-electron chi connectivity index (χ4n) is 4.30. The first kappa shape index (κ1) is 15.0. The summed E-state index contributed by atoms with van der Waals surface area (Å²) in [6, 6.07) is 24.1. The van der Waals surface area contributed by atoms with Crippen LogP contribution in [-0.2, 0) is 12.8 Å². The first-order valence-corrected chi connectivity index (χ1v) is 9.41. The molecule has 1 heteroatoms. The Kier molecular flexibility index (Phi) is 3.53. The van der Waals surface area contributed by atoms with E-state index in [0.29, 0.717) is 0 Å². The highest BCUT2D eigenvalue weighted by molar-refractivity contribution is 6.30. The zero-order chi connectivity index (χ0) is 16.8. The van der Waals surface area contributed by atoms with Gasteiger partial charge in [0, 0.05) is 5.02 Å². The molecule has 0 amide bonds. The Hall–Kier alpha value is -2.31. The van der Waals surface area contributed by atoms with Gasteiger partial charge in [-0.3, -0.25) is 0 Å². The fourth-order valence-corrected chi connectivity index (χ4v) is 4.43. The lowest BCUT2D eigenvalue weighted by molar-refractivity contribution is 0.690. The molecule has 0 nitrogen and oxygen atoms in total. The molecule has 0 spiro atoms. The zero-order valence-electron chi connectivity index (χ0n) is 14.1. The predicted octanol–water partition coefficient (Wildman–Crippen LogP) is 7.19. The summed E-state index contributed by atoms with van der Waals surface area (Å²) in [7, 11) is 0. The van der Waals surface area contributed by atoms with E-state index in [4.69, 9.17) is 11.6 Å². The summed E-state index contributed by atoms with van der Waals surface area (Å²) in [5.74, 6) is 0. The summed E-state index contributed by atoms with van der Waals surface area (Å²) in [5, 5.41) is 6.26. The summed E-state index contributed by atoms with van der Waals surface area (Å²) in [6.45, 7) is 0. The normalized spacial score (nSPS) is 14.0. The Bertz CT molecular complexity index is 1090. The smallest absolute Gasteiger partial charge is 0.0406 e. The van der Waals surface area contributed by atoms with E-state index in [-0.39, 0.29) is 0 Å². The third-order valence-corrected chi connectivity index (χ3v) is 5.78. The van der Waals surface area contributed by atoms with Crippen LogP contribution in [-0.4, -0.2) is 0 Å². The molecular weight excluding hydrogens is 324 g/mol. The second-order valence-corrected chi connectivity index (χ2v) is 7.42. The van der Waals surface area contributed by atoms with Crippen LogP contribution < -0.4 is 0 Å². The second kappa shape index (κ2) is 5.89. The lowest BCUT2D eigenvalue weighted by atomic mass is 9.84. The maximum Gasteiger partial charge on any atom is 0.0406 e. The molecule has 122 valence electrons. The van der Waals surface area contributed by atoms with Crippen LogP contribution in [0, 0.1) is 0 Å². The van der Waals surface area contributed by atoms with Crippen LogP contribution in [0.3, 0.4) is 0 Å². The molecule has 0 aromatic heterocycles. The van der Waals surface area contributed by atoms with Crippen molar-refractivity contribution in [3.8, 4) is 11.1 Å². The zero-order valence-corrected chi connectivity index (χ0v) is 14.8. The number of benzene rings is 4. The molecule has 0 bridgehead atoms. The van der Waals surface area contributed by atoms with Crippen LogP contribution in [0.1, 0.15) is 24.0 Å². The Morgan fingerprint density at radius 3 is 2.20 bits per heavy atom. The van der Waals surface area contributed by atoms with Crippen LogP contribution >= 0.6 is 11.6 Å².